The lowest BCUT2D eigenvalue weighted by Gasteiger charge is -2.20. The Balaban J connectivity index is 1.74. The predicted molar refractivity (Wildman–Crippen MR) is 56.5 cm³/mol. The van der Waals surface area contributed by atoms with Crippen LogP contribution >= 0.6 is 11.8 Å². The summed E-state index contributed by atoms with van der Waals surface area (Å²) in [6.45, 7) is 1.08. The molecule has 1 aliphatic carbocycles. The van der Waals surface area contributed by atoms with E-state index in [-0.39, 0.29) is 0 Å². The number of hydrogen-bond acceptors (Lipinski definition) is 4. The van der Waals surface area contributed by atoms with Crippen LogP contribution in [0.2, 0.25) is 0 Å². The van der Waals surface area contributed by atoms with E-state index in [1.165, 1.54) is 18.6 Å². The Hall–Kier alpha value is -0.480. The van der Waals surface area contributed by atoms with Crippen molar-refractivity contribution in [3.63, 3.8) is 0 Å². The van der Waals surface area contributed by atoms with Crippen LogP contribution < -0.4 is 5.32 Å². The molecule has 1 saturated carbocycles. The smallest absolute Gasteiger partial charge is 0.197 e. The first kappa shape index (κ1) is 8.80. The van der Waals surface area contributed by atoms with Crippen molar-refractivity contribution in [1.29, 1.82) is 0 Å². The lowest BCUT2D eigenvalue weighted by Crippen LogP contribution is -2.30. The Labute approximate surface area is 87.7 Å². The molecule has 0 bridgehead atoms. The Kier molecular flexibility index (Phi) is 2.25. The van der Waals surface area contributed by atoms with Crippen molar-refractivity contribution in [2.45, 2.75) is 24.8 Å². The molecule has 2 fully saturated rings. The van der Waals surface area contributed by atoms with E-state index in [4.69, 9.17) is 4.42 Å². The Bertz CT molecular complexity index is 316. The van der Waals surface area contributed by atoms with Gasteiger partial charge in [-0.15, -0.1) is 0 Å². The van der Waals surface area contributed by atoms with E-state index >= 15 is 0 Å². The minimum atomic E-state index is 0.407. The van der Waals surface area contributed by atoms with E-state index in [1.54, 1.807) is 0 Å². The summed E-state index contributed by atoms with van der Waals surface area (Å²) < 4.78 is 5.48. The molecule has 0 radical (unpaired) electrons. The number of thioether (sulfide) groups is 1. The second-order valence-electron chi connectivity index (χ2n) is 3.97. The van der Waals surface area contributed by atoms with E-state index < -0.39 is 0 Å². The highest BCUT2D eigenvalue weighted by atomic mass is 32.2. The second-order valence-corrected chi connectivity index (χ2v) is 5.12. The van der Waals surface area contributed by atoms with Crippen molar-refractivity contribution in [1.82, 2.24) is 10.3 Å². The van der Waals surface area contributed by atoms with Crippen molar-refractivity contribution < 1.29 is 4.42 Å². The van der Waals surface area contributed by atoms with Gasteiger partial charge in [0.25, 0.3) is 0 Å². The van der Waals surface area contributed by atoms with Crippen LogP contribution in [0.25, 0.3) is 0 Å². The fourth-order valence-electron chi connectivity index (χ4n) is 1.73. The van der Waals surface area contributed by atoms with Crippen molar-refractivity contribution in [3.05, 3.63) is 17.8 Å². The predicted octanol–water partition coefficient (Wildman–Crippen LogP) is 1.93. The van der Waals surface area contributed by atoms with E-state index in [0.29, 0.717) is 12.0 Å². The first-order chi connectivity index (χ1) is 6.93. The molecular weight excluding hydrogens is 196 g/mol. The molecule has 0 amide bonds. The molecule has 3 nitrogen and oxygen atoms in total. The van der Waals surface area contributed by atoms with Gasteiger partial charge in [0.2, 0.25) is 0 Å². The number of oxazole rings is 1. The fourth-order valence-corrected chi connectivity index (χ4v) is 2.69. The van der Waals surface area contributed by atoms with E-state index in [1.807, 2.05) is 18.0 Å². The third kappa shape index (κ3) is 1.68. The topological polar surface area (TPSA) is 38.1 Å². The maximum absolute atomic E-state index is 5.48. The summed E-state index contributed by atoms with van der Waals surface area (Å²) in [5.41, 5.74) is 1.10. The zero-order chi connectivity index (χ0) is 9.38. The SMILES string of the molecule is c1oc(C2CC2)nc1C1CSCCN1. The van der Waals surface area contributed by atoms with Gasteiger partial charge in [0.05, 0.1) is 11.7 Å². The van der Waals surface area contributed by atoms with Gasteiger partial charge in [-0.25, -0.2) is 4.98 Å². The molecule has 4 heteroatoms. The van der Waals surface area contributed by atoms with Crippen molar-refractivity contribution in [3.8, 4) is 0 Å². The molecule has 1 saturated heterocycles. The zero-order valence-corrected chi connectivity index (χ0v) is 8.85. The number of aromatic nitrogens is 1. The minimum Gasteiger partial charge on any atom is -0.448 e. The Morgan fingerprint density at radius 3 is 3.14 bits per heavy atom. The van der Waals surface area contributed by atoms with Gasteiger partial charge in [-0.05, 0) is 12.8 Å². The summed E-state index contributed by atoms with van der Waals surface area (Å²) >= 11 is 1.99. The third-order valence-corrected chi connectivity index (χ3v) is 3.81. The maximum atomic E-state index is 5.48. The quantitative estimate of drug-likeness (QED) is 0.809. The van der Waals surface area contributed by atoms with Crippen LogP contribution in [0.15, 0.2) is 10.7 Å². The van der Waals surface area contributed by atoms with Gasteiger partial charge in [0, 0.05) is 24.0 Å². The van der Waals surface area contributed by atoms with Crippen molar-refractivity contribution >= 4 is 11.8 Å². The Morgan fingerprint density at radius 2 is 2.43 bits per heavy atom. The zero-order valence-electron chi connectivity index (χ0n) is 8.03. The average molecular weight is 210 g/mol. The standard InChI is InChI=1S/C10H14N2OS/c1-2-7(1)10-12-8(5-13-10)9-6-14-4-3-11-9/h5,7,9,11H,1-4,6H2. The van der Waals surface area contributed by atoms with Crippen LogP contribution in [0.5, 0.6) is 0 Å². The van der Waals surface area contributed by atoms with Crippen LogP contribution in [0.3, 0.4) is 0 Å². The summed E-state index contributed by atoms with van der Waals surface area (Å²) in [6, 6.07) is 0.407. The molecule has 0 spiro atoms. The molecule has 0 aromatic carbocycles. The molecule has 1 unspecified atom stereocenters. The average Bonchev–Trinajstić information content (AvgIpc) is 2.98. The fraction of sp³-hybridized carbons (Fsp3) is 0.700. The van der Waals surface area contributed by atoms with Crippen LogP contribution in [0, 0.1) is 0 Å². The maximum Gasteiger partial charge on any atom is 0.197 e. The summed E-state index contributed by atoms with van der Waals surface area (Å²) in [6.07, 6.45) is 4.34. The molecule has 2 aliphatic rings. The lowest BCUT2D eigenvalue weighted by atomic mass is 10.2. The molecule has 14 heavy (non-hydrogen) atoms. The molecule has 1 aromatic heterocycles. The minimum absolute atomic E-state index is 0.407. The number of nitrogens with zero attached hydrogens (tertiary/aromatic N) is 1. The highest BCUT2D eigenvalue weighted by Gasteiger charge is 2.29. The summed E-state index contributed by atoms with van der Waals surface area (Å²) in [5.74, 6) is 3.91. The molecule has 76 valence electrons. The van der Waals surface area contributed by atoms with Gasteiger partial charge in [-0.1, -0.05) is 0 Å². The highest BCUT2D eigenvalue weighted by Crippen LogP contribution is 2.39. The summed E-state index contributed by atoms with van der Waals surface area (Å²) in [5, 5.41) is 3.46. The van der Waals surface area contributed by atoms with Crippen molar-refractivity contribution in [2.75, 3.05) is 18.1 Å². The van der Waals surface area contributed by atoms with Crippen LogP contribution in [0.1, 0.15) is 36.4 Å². The van der Waals surface area contributed by atoms with Crippen LogP contribution in [-0.2, 0) is 0 Å². The number of nitrogens with one attached hydrogen (secondary N) is 1. The molecule has 1 atom stereocenters. The van der Waals surface area contributed by atoms with Gasteiger partial charge in [0.1, 0.15) is 6.26 Å². The normalized spacial score (nSPS) is 27.9. The van der Waals surface area contributed by atoms with Gasteiger partial charge in [0.15, 0.2) is 5.89 Å². The van der Waals surface area contributed by atoms with Crippen LogP contribution in [-0.4, -0.2) is 23.0 Å². The molecule has 1 aromatic rings. The number of hydrogen-bond donors (Lipinski definition) is 1. The highest BCUT2D eigenvalue weighted by molar-refractivity contribution is 7.99. The van der Waals surface area contributed by atoms with Gasteiger partial charge in [-0.2, -0.15) is 11.8 Å². The van der Waals surface area contributed by atoms with Crippen molar-refractivity contribution in [2.24, 2.45) is 0 Å². The number of rotatable bonds is 2. The van der Waals surface area contributed by atoms with Gasteiger partial charge < -0.3 is 9.73 Å². The second kappa shape index (κ2) is 3.59. The van der Waals surface area contributed by atoms with Gasteiger partial charge in [-0.3, -0.25) is 0 Å². The molecule has 1 aliphatic heterocycles. The summed E-state index contributed by atoms with van der Waals surface area (Å²) in [7, 11) is 0. The molecule has 3 rings (SSSR count). The largest absolute Gasteiger partial charge is 0.448 e. The monoisotopic (exact) mass is 210 g/mol. The van der Waals surface area contributed by atoms with E-state index in [9.17, 15) is 0 Å². The Morgan fingerprint density at radius 1 is 1.50 bits per heavy atom. The first-order valence-corrected chi connectivity index (χ1v) is 6.35. The van der Waals surface area contributed by atoms with E-state index in [0.717, 1.165) is 23.9 Å². The van der Waals surface area contributed by atoms with E-state index in [2.05, 4.69) is 10.3 Å². The third-order valence-electron chi connectivity index (χ3n) is 2.74. The lowest BCUT2D eigenvalue weighted by molar-refractivity contribution is 0.495. The van der Waals surface area contributed by atoms with Crippen LogP contribution in [0.4, 0.5) is 0 Å². The van der Waals surface area contributed by atoms with Gasteiger partial charge >= 0.3 is 0 Å². The first-order valence-electron chi connectivity index (χ1n) is 5.20. The summed E-state index contributed by atoms with van der Waals surface area (Å²) in [4.78, 5) is 4.55. The molecule has 2 heterocycles. The molecular formula is C10H14N2OS. The molecule has 1 N–H and O–H groups in total.